The minimum Gasteiger partial charge on any atom is -0.489 e. The summed E-state index contributed by atoms with van der Waals surface area (Å²) in [5.74, 6) is 0.916. The quantitative estimate of drug-likeness (QED) is 0.550. The van der Waals surface area contributed by atoms with Gasteiger partial charge >= 0.3 is 0 Å². The van der Waals surface area contributed by atoms with Crippen LogP contribution in [0.2, 0.25) is 0 Å². The second kappa shape index (κ2) is 7.91. The van der Waals surface area contributed by atoms with Crippen molar-refractivity contribution >= 4 is 0 Å². The number of hydrogen-bond donors (Lipinski definition) is 1. The molecule has 0 saturated carbocycles. The van der Waals surface area contributed by atoms with E-state index in [1.807, 2.05) is 12.1 Å². The number of nitrogens with one attached hydrogen (secondary N) is 1. The van der Waals surface area contributed by atoms with E-state index in [0.717, 1.165) is 37.3 Å². The lowest BCUT2D eigenvalue weighted by Gasteiger charge is -2.09. The Balaban J connectivity index is 2.27. The highest BCUT2D eigenvalue weighted by atomic mass is 16.5. The first kappa shape index (κ1) is 13.8. The Morgan fingerprint density at radius 1 is 1.24 bits per heavy atom. The molecule has 0 radical (unpaired) electrons. The number of hydrogen-bond acceptors (Lipinski definition) is 2. The molecule has 94 valence electrons. The van der Waals surface area contributed by atoms with Gasteiger partial charge in [0, 0.05) is 6.54 Å². The lowest BCUT2D eigenvalue weighted by molar-refractivity contribution is 0.348. The van der Waals surface area contributed by atoms with E-state index >= 15 is 0 Å². The summed E-state index contributed by atoms with van der Waals surface area (Å²) in [5, 5.41) is 3.31. The smallest absolute Gasteiger partial charge is 0.119 e. The van der Waals surface area contributed by atoms with Crippen molar-refractivity contribution in [2.24, 2.45) is 0 Å². The summed E-state index contributed by atoms with van der Waals surface area (Å²) in [7, 11) is 0. The van der Waals surface area contributed by atoms with Gasteiger partial charge in [-0.3, -0.25) is 0 Å². The first-order valence-electron chi connectivity index (χ1n) is 6.35. The average molecular weight is 233 g/mol. The molecule has 0 aliphatic heterocycles. The number of aryl methyl sites for hydroxylation is 1. The minimum atomic E-state index is 0.586. The maximum atomic E-state index is 5.66. The predicted molar refractivity (Wildman–Crippen MR) is 73.6 cm³/mol. The van der Waals surface area contributed by atoms with Crippen LogP contribution in [0.3, 0.4) is 0 Å². The SMILES string of the molecule is C=C(CNCCC)COc1ccc(CC)cc1. The summed E-state index contributed by atoms with van der Waals surface area (Å²) in [6.45, 7) is 10.7. The van der Waals surface area contributed by atoms with Crippen LogP contribution in [0.25, 0.3) is 0 Å². The second-order valence-electron chi connectivity index (χ2n) is 4.21. The lowest BCUT2D eigenvalue weighted by Crippen LogP contribution is -2.20. The largest absolute Gasteiger partial charge is 0.489 e. The molecule has 17 heavy (non-hydrogen) atoms. The highest BCUT2D eigenvalue weighted by molar-refractivity contribution is 5.27. The van der Waals surface area contributed by atoms with Gasteiger partial charge in [0.25, 0.3) is 0 Å². The molecule has 2 heteroatoms. The van der Waals surface area contributed by atoms with E-state index in [9.17, 15) is 0 Å². The summed E-state index contributed by atoms with van der Waals surface area (Å²) in [5.41, 5.74) is 2.42. The number of ether oxygens (including phenoxy) is 1. The molecule has 1 N–H and O–H groups in total. The first-order valence-corrected chi connectivity index (χ1v) is 6.35. The Hall–Kier alpha value is -1.28. The van der Waals surface area contributed by atoms with Crippen molar-refractivity contribution in [3.05, 3.63) is 42.0 Å². The summed E-state index contributed by atoms with van der Waals surface area (Å²) in [6.07, 6.45) is 2.21. The standard InChI is InChI=1S/C15H23NO/c1-4-10-16-11-13(3)12-17-15-8-6-14(5-2)7-9-15/h6-9,16H,3-5,10-12H2,1-2H3. The zero-order valence-electron chi connectivity index (χ0n) is 11.0. The second-order valence-corrected chi connectivity index (χ2v) is 4.21. The van der Waals surface area contributed by atoms with Gasteiger partial charge in [-0.1, -0.05) is 32.6 Å². The van der Waals surface area contributed by atoms with Crippen LogP contribution in [0.15, 0.2) is 36.4 Å². The lowest BCUT2D eigenvalue weighted by atomic mass is 10.2. The maximum Gasteiger partial charge on any atom is 0.119 e. The van der Waals surface area contributed by atoms with Crippen LogP contribution in [-0.2, 0) is 6.42 Å². The van der Waals surface area contributed by atoms with Crippen molar-refractivity contribution in [1.29, 1.82) is 0 Å². The van der Waals surface area contributed by atoms with Crippen LogP contribution in [0.4, 0.5) is 0 Å². The van der Waals surface area contributed by atoms with Gasteiger partial charge in [-0.05, 0) is 42.7 Å². The molecule has 0 aromatic heterocycles. The summed E-state index contributed by atoms with van der Waals surface area (Å²) >= 11 is 0. The van der Waals surface area contributed by atoms with Crippen molar-refractivity contribution in [2.75, 3.05) is 19.7 Å². The average Bonchev–Trinajstić information content (AvgIpc) is 2.37. The molecular formula is C15H23NO. The van der Waals surface area contributed by atoms with Crippen molar-refractivity contribution in [3.8, 4) is 5.75 Å². The third kappa shape index (κ3) is 5.55. The van der Waals surface area contributed by atoms with Gasteiger partial charge in [0.05, 0.1) is 0 Å². The summed E-state index contributed by atoms with van der Waals surface area (Å²) < 4.78 is 5.66. The molecule has 0 unspecified atom stereocenters. The van der Waals surface area contributed by atoms with Gasteiger partial charge in [-0.2, -0.15) is 0 Å². The van der Waals surface area contributed by atoms with Crippen LogP contribution in [0.5, 0.6) is 5.75 Å². The molecule has 0 aliphatic carbocycles. The van der Waals surface area contributed by atoms with Crippen molar-refractivity contribution in [2.45, 2.75) is 26.7 Å². The molecule has 0 heterocycles. The Morgan fingerprint density at radius 2 is 1.94 bits per heavy atom. The Bertz CT molecular complexity index is 329. The van der Waals surface area contributed by atoms with E-state index in [4.69, 9.17) is 4.74 Å². The fraction of sp³-hybridized carbons (Fsp3) is 0.467. The monoisotopic (exact) mass is 233 g/mol. The third-order valence-corrected chi connectivity index (χ3v) is 2.58. The van der Waals surface area contributed by atoms with Crippen molar-refractivity contribution in [3.63, 3.8) is 0 Å². The molecule has 1 aromatic carbocycles. The van der Waals surface area contributed by atoms with E-state index in [1.165, 1.54) is 5.56 Å². The van der Waals surface area contributed by atoms with Crippen LogP contribution < -0.4 is 10.1 Å². The fourth-order valence-corrected chi connectivity index (χ4v) is 1.50. The molecule has 1 rings (SSSR count). The van der Waals surface area contributed by atoms with E-state index in [2.05, 4.69) is 37.9 Å². The van der Waals surface area contributed by atoms with Crippen LogP contribution >= 0.6 is 0 Å². The molecule has 0 amide bonds. The molecule has 2 nitrogen and oxygen atoms in total. The molecular weight excluding hydrogens is 210 g/mol. The normalized spacial score (nSPS) is 10.2. The van der Waals surface area contributed by atoms with Crippen LogP contribution in [-0.4, -0.2) is 19.7 Å². The fourth-order valence-electron chi connectivity index (χ4n) is 1.50. The maximum absolute atomic E-state index is 5.66. The zero-order valence-corrected chi connectivity index (χ0v) is 11.0. The highest BCUT2D eigenvalue weighted by Crippen LogP contribution is 2.13. The number of rotatable bonds is 8. The topological polar surface area (TPSA) is 21.3 Å². The van der Waals surface area contributed by atoms with Crippen molar-refractivity contribution in [1.82, 2.24) is 5.32 Å². The molecule has 1 aromatic rings. The van der Waals surface area contributed by atoms with E-state index < -0.39 is 0 Å². The summed E-state index contributed by atoms with van der Waals surface area (Å²) in [4.78, 5) is 0. The molecule has 0 fully saturated rings. The Kier molecular flexibility index (Phi) is 6.41. The van der Waals surface area contributed by atoms with E-state index in [0.29, 0.717) is 6.61 Å². The van der Waals surface area contributed by atoms with Gasteiger partial charge in [0.2, 0.25) is 0 Å². The van der Waals surface area contributed by atoms with Crippen molar-refractivity contribution < 1.29 is 4.74 Å². The van der Waals surface area contributed by atoms with E-state index in [1.54, 1.807) is 0 Å². The Morgan fingerprint density at radius 3 is 2.53 bits per heavy atom. The molecule has 0 spiro atoms. The highest BCUT2D eigenvalue weighted by Gasteiger charge is 1.97. The van der Waals surface area contributed by atoms with Gasteiger partial charge < -0.3 is 10.1 Å². The van der Waals surface area contributed by atoms with Crippen LogP contribution in [0.1, 0.15) is 25.8 Å². The van der Waals surface area contributed by atoms with Gasteiger partial charge in [0.15, 0.2) is 0 Å². The number of benzene rings is 1. The molecule has 0 saturated heterocycles. The third-order valence-electron chi connectivity index (χ3n) is 2.58. The molecule has 0 atom stereocenters. The minimum absolute atomic E-state index is 0.586. The summed E-state index contributed by atoms with van der Waals surface area (Å²) in [6, 6.07) is 8.25. The predicted octanol–water partition coefficient (Wildman–Crippen LogP) is 3.18. The van der Waals surface area contributed by atoms with Crippen LogP contribution in [0, 0.1) is 0 Å². The van der Waals surface area contributed by atoms with Gasteiger partial charge in [-0.15, -0.1) is 0 Å². The van der Waals surface area contributed by atoms with Gasteiger partial charge in [-0.25, -0.2) is 0 Å². The zero-order chi connectivity index (χ0) is 12.5. The van der Waals surface area contributed by atoms with Gasteiger partial charge in [0.1, 0.15) is 12.4 Å². The first-order chi connectivity index (χ1) is 8.26. The Labute approximate surface area is 105 Å². The molecule has 0 aliphatic rings. The van der Waals surface area contributed by atoms with E-state index in [-0.39, 0.29) is 0 Å². The molecule has 0 bridgehead atoms.